The van der Waals surface area contributed by atoms with E-state index in [2.05, 4.69) is 24.5 Å². The second kappa shape index (κ2) is 25.5. The van der Waals surface area contributed by atoms with Gasteiger partial charge in [0.2, 0.25) is 11.8 Å². The summed E-state index contributed by atoms with van der Waals surface area (Å²) >= 11 is 0. The van der Waals surface area contributed by atoms with Gasteiger partial charge in [-0.05, 0) is 12.8 Å². The number of amides is 2. The van der Waals surface area contributed by atoms with E-state index in [4.69, 9.17) is 5.73 Å². The second-order valence-electron chi connectivity index (χ2n) is 9.82. The van der Waals surface area contributed by atoms with Crippen LogP contribution in [0.25, 0.3) is 0 Å². The van der Waals surface area contributed by atoms with Crippen LogP contribution in [-0.2, 0) is 9.59 Å². The number of nitrogens with one attached hydrogen (secondary N) is 2. The highest BCUT2D eigenvalue weighted by Crippen LogP contribution is 2.11. The van der Waals surface area contributed by atoms with E-state index >= 15 is 0 Å². The molecule has 0 aromatic rings. The molecule has 0 aromatic heterocycles. The Labute approximate surface area is 205 Å². The Kier molecular flexibility index (Phi) is 24.7. The molecule has 0 saturated heterocycles. The summed E-state index contributed by atoms with van der Waals surface area (Å²) in [5.41, 5.74) is 5.90. The van der Waals surface area contributed by atoms with Crippen LogP contribution in [0.5, 0.6) is 0 Å². The first kappa shape index (κ1) is 31.9. The number of hydrogen-bond donors (Lipinski definition) is 3. The van der Waals surface area contributed by atoms with Crippen LogP contribution in [0.15, 0.2) is 0 Å². The smallest absolute Gasteiger partial charge is 0.237 e. The van der Waals surface area contributed by atoms with Gasteiger partial charge >= 0.3 is 0 Å². The molecule has 0 bridgehead atoms. The van der Waals surface area contributed by atoms with Crippen molar-refractivity contribution in [2.45, 2.75) is 155 Å². The molecule has 0 fully saturated rings. The van der Waals surface area contributed by atoms with Crippen LogP contribution in [0.3, 0.4) is 0 Å². The monoisotopic (exact) mass is 467 g/mol. The van der Waals surface area contributed by atoms with E-state index in [1.54, 1.807) is 0 Å². The maximum absolute atomic E-state index is 12.1. The third-order valence-corrected chi connectivity index (χ3v) is 6.42. The van der Waals surface area contributed by atoms with Crippen LogP contribution < -0.4 is 16.4 Å². The zero-order valence-corrected chi connectivity index (χ0v) is 22.2. The molecule has 0 unspecified atom stereocenters. The fourth-order valence-corrected chi connectivity index (χ4v) is 4.16. The van der Waals surface area contributed by atoms with Gasteiger partial charge in [-0.2, -0.15) is 0 Å². The van der Waals surface area contributed by atoms with Gasteiger partial charge in [0.15, 0.2) is 0 Å². The molecule has 196 valence electrons. The van der Waals surface area contributed by atoms with E-state index in [9.17, 15) is 9.59 Å². The molecule has 33 heavy (non-hydrogen) atoms. The Morgan fingerprint density at radius 1 is 0.545 bits per heavy atom. The van der Waals surface area contributed by atoms with Crippen molar-refractivity contribution >= 4 is 11.8 Å². The molecule has 0 aromatic carbocycles. The first-order valence-electron chi connectivity index (χ1n) is 14.4. The Bertz CT molecular complexity index is 443. The van der Waals surface area contributed by atoms with E-state index in [1.807, 2.05) is 0 Å². The van der Waals surface area contributed by atoms with Crippen LogP contribution in [0.4, 0.5) is 0 Å². The fourth-order valence-electron chi connectivity index (χ4n) is 4.16. The van der Waals surface area contributed by atoms with Gasteiger partial charge in [-0.1, -0.05) is 129 Å². The average molecular weight is 468 g/mol. The lowest BCUT2D eigenvalue weighted by atomic mass is 10.1. The number of hydrogen-bond acceptors (Lipinski definition) is 3. The molecule has 0 aliphatic carbocycles. The molecular weight excluding hydrogens is 410 g/mol. The van der Waals surface area contributed by atoms with Gasteiger partial charge in [-0.25, -0.2) is 0 Å². The molecule has 5 nitrogen and oxygen atoms in total. The van der Waals surface area contributed by atoms with E-state index in [-0.39, 0.29) is 18.2 Å². The molecule has 0 rings (SSSR count). The summed E-state index contributed by atoms with van der Waals surface area (Å²) in [4.78, 5) is 24.1. The quantitative estimate of drug-likeness (QED) is 0.129. The van der Waals surface area contributed by atoms with Gasteiger partial charge < -0.3 is 16.4 Å². The van der Waals surface area contributed by atoms with Gasteiger partial charge in [-0.3, -0.25) is 9.59 Å². The summed E-state index contributed by atoms with van der Waals surface area (Å²) in [5, 5.41) is 5.79. The Hall–Kier alpha value is -1.10. The van der Waals surface area contributed by atoms with Gasteiger partial charge in [0.25, 0.3) is 0 Å². The predicted molar refractivity (Wildman–Crippen MR) is 142 cm³/mol. The molecule has 0 spiro atoms. The van der Waals surface area contributed by atoms with Crippen molar-refractivity contribution in [2.24, 2.45) is 5.73 Å². The molecule has 0 saturated carbocycles. The number of nitrogens with two attached hydrogens (primary N) is 1. The van der Waals surface area contributed by atoms with Crippen molar-refractivity contribution in [3.63, 3.8) is 0 Å². The van der Waals surface area contributed by atoms with Crippen molar-refractivity contribution < 1.29 is 9.59 Å². The average Bonchev–Trinajstić information content (AvgIpc) is 2.80. The SMILES string of the molecule is CCCCCCCCCCCCNC(=O)C[C@H](N)C(=O)NCCCCCCCCCCCC. The standard InChI is InChI=1S/C28H57N3O2/c1-3-5-7-9-11-13-15-17-19-21-23-30-27(32)25-26(29)28(33)31-24-22-20-18-16-14-12-10-8-6-4-2/h26H,3-25,29H2,1-2H3,(H,30,32)(H,31,33)/t26-/m0/s1. The zero-order valence-electron chi connectivity index (χ0n) is 22.2. The van der Waals surface area contributed by atoms with Crippen LogP contribution in [0, 0.1) is 0 Å². The summed E-state index contributed by atoms with van der Waals surface area (Å²) in [6.07, 6.45) is 25.6. The molecule has 0 heterocycles. The van der Waals surface area contributed by atoms with Crippen molar-refractivity contribution in [3.05, 3.63) is 0 Å². The van der Waals surface area contributed by atoms with Gasteiger partial charge in [0.1, 0.15) is 0 Å². The third kappa shape index (κ3) is 23.8. The zero-order chi connectivity index (χ0) is 24.4. The maximum atomic E-state index is 12.1. The maximum Gasteiger partial charge on any atom is 0.237 e. The Morgan fingerprint density at radius 3 is 1.27 bits per heavy atom. The summed E-state index contributed by atoms with van der Waals surface area (Å²) in [7, 11) is 0. The van der Waals surface area contributed by atoms with Gasteiger partial charge in [0, 0.05) is 13.1 Å². The molecule has 5 heteroatoms. The van der Waals surface area contributed by atoms with Crippen LogP contribution in [-0.4, -0.2) is 30.9 Å². The van der Waals surface area contributed by atoms with E-state index in [0.29, 0.717) is 13.1 Å². The van der Waals surface area contributed by atoms with Crippen molar-refractivity contribution in [2.75, 3.05) is 13.1 Å². The summed E-state index contributed by atoms with van der Waals surface area (Å²) < 4.78 is 0. The summed E-state index contributed by atoms with van der Waals surface area (Å²) in [6.45, 7) is 5.84. The predicted octanol–water partition coefficient (Wildman–Crippen LogP) is 6.78. The van der Waals surface area contributed by atoms with Crippen molar-refractivity contribution in [1.29, 1.82) is 0 Å². The molecular formula is C28H57N3O2. The van der Waals surface area contributed by atoms with E-state index < -0.39 is 6.04 Å². The summed E-state index contributed by atoms with van der Waals surface area (Å²) in [5.74, 6) is -0.326. The Morgan fingerprint density at radius 2 is 0.879 bits per heavy atom. The number of rotatable bonds is 25. The van der Waals surface area contributed by atoms with Crippen LogP contribution >= 0.6 is 0 Å². The van der Waals surface area contributed by atoms with Crippen molar-refractivity contribution in [3.8, 4) is 0 Å². The Balaban J connectivity index is 3.46. The normalized spacial score (nSPS) is 12.0. The molecule has 0 aliphatic heterocycles. The van der Waals surface area contributed by atoms with Crippen LogP contribution in [0.2, 0.25) is 0 Å². The van der Waals surface area contributed by atoms with Gasteiger partial charge in [0.05, 0.1) is 12.5 Å². The lowest BCUT2D eigenvalue weighted by Gasteiger charge is -2.12. The highest BCUT2D eigenvalue weighted by atomic mass is 16.2. The van der Waals surface area contributed by atoms with Crippen molar-refractivity contribution in [1.82, 2.24) is 10.6 Å². The van der Waals surface area contributed by atoms with Crippen LogP contribution in [0.1, 0.15) is 149 Å². The molecule has 0 aliphatic rings. The lowest BCUT2D eigenvalue weighted by molar-refractivity contribution is -0.127. The van der Waals surface area contributed by atoms with Gasteiger partial charge in [-0.15, -0.1) is 0 Å². The fraction of sp³-hybridized carbons (Fsp3) is 0.929. The lowest BCUT2D eigenvalue weighted by Crippen LogP contribution is -2.44. The number of carbonyl (C=O) groups is 2. The highest BCUT2D eigenvalue weighted by Gasteiger charge is 2.16. The number of carbonyl (C=O) groups excluding carboxylic acids is 2. The minimum absolute atomic E-state index is 0.0711. The molecule has 2 amide bonds. The first-order valence-corrected chi connectivity index (χ1v) is 14.4. The molecule has 4 N–H and O–H groups in total. The third-order valence-electron chi connectivity index (χ3n) is 6.42. The van der Waals surface area contributed by atoms with E-state index in [1.165, 1.54) is 103 Å². The second-order valence-corrected chi connectivity index (χ2v) is 9.82. The topological polar surface area (TPSA) is 84.2 Å². The summed E-state index contributed by atoms with van der Waals surface area (Å²) in [6, 6.07) is -0.749. The largest absolute Gasteiger partial charge is 0.356 e. The molecule has 1 atom stereocenters. The minimum atomic E-state index is -0.749. The van der Waals surface area contributed by atoms with E-state index in [0.717, 1.165) is 25.7 Å². The minimum Gasteiger partial charge on any atom is -0.356 e. The number of unbranched alkanes of at least 4 members (excludes halogenated alkanes) is 18. The molecule has 0 radical (unpaired) electrons. The highest BCUT2D eigenvalue weighted by molar-refractivity contribution is 5.88. The first-order chi connectivity index (χ1) is 16.1.